The topological polar surface area (TPSA) is 81.4 Å². The van der Waals surface area contributed by atoms with E-state index in [9.17, 15) is 14.7 Å². The van der Waals surface area contributed by atoms with Gasteiger partial charge in [0.1, 0.15) is 11.6 Å². The largest absolute Gasteiger partial charge is 0.477 e. The van der Waals surface area contributed by atoms with E-state index in [-0.39, 0.29) is 11.4 Å². The van der Waals surface area contributed by atoms with Gasteiger partial charge < -0.3 is 10.0 Å². The summed E-state index contributed by atoms with van der Waals surface area (Å²) in [4.78, 5) is 37.1. The number of nitrogens with zero attached hydrogens (tertiary/aromatic N) is 2. The molecule has 0 fully saturated rings. The Kier molecular flexibility index (Phi) is 11.2. The highest BCUT2D eigenvalue weighted by Crippen LogP contribution is 2.48. The summed E-state index contributed by atoms with van der Waals surface area (Å²) in [6.07, 6.45) is 1.38. The highest BCUT2D eigenvalue weighted by Gasteiger charge is 2.28. The third kappa shape index (κ3) is 8.04. The van der Waals surface area contributed by atoms with E-state index in [4.69, 9.17) is 5.26 Å². The first-order chi connectivity index (χ1) is 33.2. The predicted molar refractivity (Wildman–Crippen MR) is 285 cm³/mol. The van der Waals surface area contributed by atoms with Crippen molar-refractivity contribution in [3.8, 4) is 78.5 Å². The Morgan fingerprint density at radius 3 is 1.37 bits per heavy atom. The zero-order valence-electron chi connectivity index (χ0n) is 36.7. The number of ketones is 1. The number of carbonyl (C=O) groups is 2. The number of aliphatic carboxylic acids is 1. The number of hydrogen-bond acceptors (Lipinski definition) is 8. The molecule has 1 N–H and O–H groups in total. The Morgan fingerprint density at radius 2 is 0.912 bits per heavy atom. The number of thiophene rings is 4. The molecule has 10 aromatic rings. The number of carboxylic acids is 1. The minimum atomic E-state index is -1.24. The van der Waals surface area contributed by atoms with Crippen LogP contribution in [-0.4, -0.2) is 16.9 Å². The molecule has 0 atom stereocenters. The second kappa shape index (κ2) is 17.8. The van der Waals surface area contributed by atoms with Crippen LogP contribution in [0, 0.1) is 25.2 Å². The number of carbonyl (C=O) groups excluding carboxylic acids is 1. The summed E-state index contributed by atoms with van der Waals surface area (Å²) in [6, 6.07) is 64.8. The third-order valence-corrected chi connectivity index (χ3v) is 17.4. The summed E-state index contributed by atoms with van der Waals surface area (Å²) in [7, 11) is 0. The van der Waals surface area contributed by atoms with Crippen molar-refractivity contribution in [2.45, 2.75) is 13.8 Å². The first-order valence-corrected chi connectivity index (χ1v) is 25.2. The van der Waals surface area contributed by atoms with Crippen LogP contribution in [-0.2, 0) is 4.79 Å². The fraction of sp³-hybridized carbons (Fsp3) is 0.0339. The Hall–Kier alpha value is -7.71. The van der Waals surface area contributed by atoms with Crippen LogP contribution in [0.1, 0.15) is 32.6 Å². The molecule has 0 unspecified atom stereocenters. The fourth-order valence-electron chi connectivity index (χ4n) is 8.78. The molecule has 9 heteroatoms. The van der Waals surface area contributed by atoms with Crippen LogP contribution in [0.4, 0.5) is 17.1 Å². The van der Waals surface area contributed by atoms with Gasteiger partial charge in [0.2, 0.25) is 0 Å². The molecular weight excluding hydrogens is 913 g/mol. The summed E-state index contributed by atoms with van der Waals surface area (Å²) in [5.41, 5.74) is 13.8. The molecule has 0 aliphatic heterocycles. The maximum absolute atomic E-state index is 14.2. The lowest BCUT2D eigenvalue weighted by Crippen LogP contribution is -2.09. The molecule has 0 bridgehead atoms. The average Bonchev–Trinajstić information content (AvgIpc) is 4.23. The molecule has 1 aliphatic rings. The molecule has 0 radical (unpaired) electrons. The zero-order valence-corrected chi connectivity index (χ0v) is 40.0. The highest BCUT2D eigenvalue weighted by atomic mass is 32.1. The van der Waals surface area contributed by atoms with Gasteiger partial charge in [-0.1, -0.05) is 97.1 Å². The number of hydrogen-bond donors (Lipinski definition) is 1. The van der Waals surface area contributed by atoms with Gasteiger partial charge in [0.25, 0.3) is 0 Å². The Bertz CT molecular complexity index is 3600. The SMILES string of the molecule is Cc1cc(-c2ccc3c(c2)C(=O)c2cc(-c4cc(C)c(-c5ccc(-c6ccc(N(c7ccccc7)c7ccccc7)cc6)s5)s4)ccc2-3)sc1-c1ccc(-c2ccc(/C=C(\C#N)C(=O)O)cc2)s1. The van der Waals surface area contributed by atoms with Crippen molar-refractivity contribution in [2.75, 3.05) is 4.90 Å². The smallest absolute Gasteiger partial charge is 0.346 e. The first kappa shape index (κ1) is 42.9. The molecule has 5 nitrogen and oxygen atoms in total. The second-order valence-electron chi connectivity index (χ2n) is 16.6. The highest BCUT2D eigenvalue weighted by molar-refractivity contribution is 7.26. The third-order valence-electron chi connectivity index (χ3n) is 12.2. The minimum absolute atomic E-state index is 0.0569. The van der Waals surface area contributed by atoms with Crippen molar-refractivity contribution < 1.29 is 14.7 Å². The number of aryl methyl sites for hydroxylation is 2. The molecule has 4 heterocycles. The van der Waals surface area contributed by atoms with E-state index < -0.39 is 5.97 Å². The Balaban J connectivity index is 0.802. The van der Waals surface area contributed by atoms with Gasteiger partial charge in [-0.3, -0.25) is 4.79 Å². The number of benzene rings is 6. The number of anilines is 3. The van der Waals surface area contributed by atoms with Crippen LogP contribution in [0.15, 0.2) is 188 Å². The molecule has 0 saturated carbocycles. The standard InChI is InChI=1S/C59H38N2O3S4/c1-35-29-54(67-57(35)52-27-25-50(65-52)38-15-13-37(14-16-38)31-42(34-60)59(63)64)40-19-23-46-47-24-20-41(33-49(47)56(62)48(46)32-40)55-30-36(2)58(68-55)53-28-26-51(66-53)39-17-21-45(22-18-39)61(43-9-5-3-6-10-43)44-11-7-4-8-12-44/h3-33H,1-2H3,(H,63,64)/b42-31+. The van der Waals surface area contributed by atoms with Gasteiger partial charge in [-0.2, -0.15) is 5.26 Å². The summed E-state index contributed by atoms with van der Waals surface area (Å²) >= 11 is 7.01. The predicted octanol–water partition coefficient (Wildman–Crippen LogP) is 17.2. The van der Waals surface area contributed by atoms with Crippen molar-refractivity contribution in [1.29, 1.82) is 5.26 Å². The van der Waals surface area contributed by atoms with Gasteiger partial charge >= 0.3 is 5.97 Å². The number of carboxylic acid groups (broad SMARTS) is 1. The molecule has 68 heavy (non-hydrogen) atoms. The maximum atomic E-state index is 14.2. The molecule has 0 saturated heterocycles. The van der Waals surface area contributed by atoms with Gasteiger partial charge in [0.05, 0.1) is 0 Å². The first-order valence-electron chi connectivity index (χ1n) is 21.9. The summed E-state index contributed by atoms with van der Waals surface area (Å²) in [5, 5.41) is 18.3. The van der Waals surface area contributed by atoms with Crippen LogP contribution in [0.5, 0.6) is 0 Å². The fourth-order valence-corrected chi connectivity index (χ4v) is 13.5. The lowest BCUT2D eigenvalue weighted by Gasteiger charge is -2.25. The van der Waals surface area contributed by atoms with Gasteiger partial charge in [0.15, 0.2) is 5.78 Å². The Morgan fingerprint density at radius 1 is 0.485 bits per heavy atom. The average molecular weight is 951 g/mol. The van der Waals surface area contributed by atoms with Crippen molar-refractivity contribution in [1.82, 2.24) is 0 Å². The zero-order chi connectivity index (χ0) is 46.5. The maximum Gasteiger partial charge on any atom is 0.346 e. The molecule has 0 spiro atoms. The molecule has 326 valence electrons. The molecule has 4 aromatic heterocycles. The lowest BCUT2D eigenvalue weighted by molar-refractivity contribution is -0.132. The van der Waals surface area contributed by atoms with Gasteiger partial charge in [0, 0.05) is 67.2 Å². The van der Waals surface area contributed by atoms with Crippen LogP contribution in [0.3, 0.4) is 0 Å². The molecule has 6 aromatic carbocycles. The van der Waals surface area contributed by atoms with Crippen molar-refractivity contribution >= 4 is 80.2 Å². The molecule has 1 aliphatic carbocycles. The van der Waals surface area contributed by atoms with E-state index in [1.165, 1.54) is 42.3 Å². The normalized spacial score (nSPS) is 11.9. The lowest BCUT2D eigenvalue weighted by atomic mass is 10.0. The van der Waals surface area contributed by atoms with Crippen LogP contribution >= 0.6 is 45.3 Å². The molecule has 0 amide bonds. The number of para-hydroxylation sites is 2. The van der Waals surface area contributed by atoms with E-state index in [1.807, 2.05) is 36.4 Å². The monoisotopic (exact) mass is 950 g/mol. The summed E-state index contributed by atoms with van der Waals surface area (Å²) in [6.45, 7) is 4.30. The minimum Gasteiger partial charge on any atom is -0.477 e. The van der Waals surface area contributed by atoms with Crippen LogP contribution in [0.2, 0.25) is 0 Å². The van der Waals surface area contributed by atoms with E-state index >= 15 is 0 Å². The number of fused-ring (bicyclic) bond motifs is 3. The van der Waals surface area contributed by atoms with Gasteiger partial charge in [-0.05, 0) is 155 Å². The second-order valence-corrected chi connectivity index (χ2v) is 20.8. The summed E-state index contributed by atoms with van der Waals surface area (Å²) in [5.74, 6) is -1.18. The van der Waals surface area contributed by atoms with Crippen molar-refractivity contribution in [3.05, 3.63) is 215 Å². The van der Waals surface area contributed by atoms with Crippen LogP contribution < -0.4 is 4.90 Å². The number of nitriles is 1. The van der Waals surface area contributed by atoms with Gasteiger partial charge in [-0.15, -0.1) is 45.3 Å². The molecule has 11 rings (SSSR count). The number of rotatable bonds is 11. The quantitative estimate of drug-likeness (QED) is 0.103. The van der Waals surface area contributed by atoms with Crippen molar-refractivity contribution in [2.24, 2.45) is 0 Å². The Labute approximate surface area is 410 Å². The summed E-state index contributed by atoms with van der Waals surface area (Å²) < 4.78 is 0. The molecular formula is C59H38N2O3S4. The van der Waals surface area contributed by atoms with E-state index in [0.29, 0.717) is 5.56 Å². The van der Waals surface area contributed by atoms with E-state index in [0.717, 1.165) is 75.5 Å². The van der Waals surface area contributed by atoms with E-state index in [2.05, 4.69) is 164 Å². The van der Waals surface area contributed by atoms with Crippen LogP contribution in [0.25, 0.3) is 78.5 Å². The van der Waals surface area contributed by atoms with Gasteiger partial charge in [-0.25, -0.2) is 4.79 Å². The van der Waals surface area contributed by atoms with Crippen molar-refractivity contribution in [3.63, 3.8) is 0 Å². The van der Waals surface area contributed by atoms with E-state index in [1.54, 1.807) is 51.4 Å².